The number of carbonyl (C=O) groups excluding carboxylic acids is 3. The Kier molecular flexibility index (Phi) is 7.40. The van der Waals surface area contributed by atoms with Crippen molar-refractivity contribution < 1.29 is 23.9 Å². The summed E-state index contributed by atoms with van der Waals surface area (Å²) in [5.74, 6) is -0.677. The van der Waals surface area contributed by atoms with Crippen molar-refractivity contribution in [2.45, 2.75) is 13.0 Å². The Hall–Kier alpha value is -3.39. The van der Waals surface area contributed by atoms with Crippen LogP contribution in [0.25, 0.3) is 0 Å². The highest BCUT2D eigenvalue weighted by Gasteiger charge is 2.34. The van der Waals surface area contributed by atoms with E-state index in [4.69, 9.17) is 9.47 Å². The van der Waals surface area contributed by atoms with Gasteiger partial charge < -0.3 is 19.7 Å². The summed E-state index contributed by atoms with van der Waals surface area (Å²) in [6, 6.07) is 16.4. The van der Waals surface area contributed by atoms with Gasteiger partial charge in [0.15, 0.2) is 0 Å². The van der Waals surface area contributed by atoms with Crippen molar-refractivity contribution in [1.82, 2.24) is 4.90 Å². The number of likely N-dealkylation sites (tertiary alicyclic amines) is 1. The minimum atomic E-state index is -0.603. The van der Waals surface area contributed by atoms with Crippen molar-refractivity contribution in [1.29, 1.82) is 0 Å². The first kappa shape index (κ1) is 21.3. The lowest BCUT2D eigenvalue weighted by atomic mass is 10.1. The SMILES string of the molecule is COCCOC(=O)Nc1cccc(NC(=O)C2CC(=O)N(Cc3ccccc3)C2)c1. The summed E-state index contributed by atoms with van der Waals surface area (Å²) in [4.78, 5) is 38.4. The van der Waals surface area contributed by atoms with Crippen LogP contribution in [-0.4, -0.2) is 49.7 Å². The standard InChI is InChI=1S/C22H25N3O5/c1-29-10-11-30-22(28)24-19-9-5-8-18(13-19)23-21(27)17-12-20(26)25(15-17)14-16-6-3-2-4-7-16/h2-9,13,17H,10-12,14-15H2,1H3,(H,23,27)(H,24,28). The number of methoxy groups -OCH3 is 1. The van der Waals surface area contributed by atoms with E-state index in [1.165, 1.54) is 7.11 Å². The largest absolute Gasteiger partial charge is 0.447 e. The van der Waals surface area contributed by atoms with E-state index in [0.717, 1.165) is 5.56 Å². The van der Waals surface area contributed by atoms with E-state index in [0.29, 0.717) is 31.1 Å². The molecule has 2 aromatic carbocycles. The molecule has 158 valence electrons. The van der Waals surface area contributed by atoms with Gasteiger partial charge in [-0.2, -0.15) is 0 Å². The van der Waals surface area contributed by atoms with E-state index in [2.05, 4.69) is 10.6 Å². The fourth-order valence-electron chi connectivity index (χ4n) is 3.20. The smallest absolute Gasteiger partial charge is 0.411 e. The third-order valence-electron chi connectivity index (χ3n) is 4.70. The first-order valence-electron chi connectivity index (χ1n) is 9.70. The van der Waals surface area contributed by atoms with Crippen LogP contribution in [-0.2, 0) is 25.6 Å². The fourth-order valence-corrected chi connectivity index (χ4v) is 3.20. The Morgan fingerprint density at radius 2 is 1.77 bits per heavy atom. The maximum atomic E-state index is 12.7. The molecule has 0 radical (unpaired) electrons. The molecule has 1 unspecified atom stereocenters. The summed E-state index contributed by atoms with van der Waals surface area (Å²) in [7, 11) is 1.52. The van der Waals surface area contributed by atoms with Crippen molar-refractivity contribution in [3.05, 3.63) is 60.2 Å². The van der Waals surface area contributed by atoms with Gasteiger partial charge in [-0.25, -0.2) is 4.79 Å². The molecule has 2 N–H and O–H groups in total. The molecule has 1 fully saturated rings. The van der Waals surface area contributed by atoms with Crippen molar-refractivity contribution in [3.8, 4) is 0 Å². The predicted molar refractivity (Wildman–Crippen MR) is 112 cm³/mol. The number of anilines is 2. The lowest BCUT2D eigenvalue weighted by Crippen LogP contribution is -2.28. The normalized spacial score (nSPS) is 15.7. The number of hydrogen-bond donors (Lipinski definition) is 2. The van der Waals surface area contributed by atoms with Gasteiger partial charge in [0.25, 0.3) is 0 Å². The number of rotatable bonds is 8. The van der Waals surface area contributed by atoms with Crippen LogP contribution in [0.5, 0.6) is 0 Å². The summed E-state index contributed by atoms with van der Waals surface area (Å²) in [5.41, 5.74) is 2.05. The zero-order valence-corrected chi connectivity index (χ0v) is 16.8. The van der Waals surface area contributed by atoms with Crippen molar-refractivity contribution in [3.63, 3.8) is 0 Å². The molecule has 2 aromatic rings. The maximum Gasteiger partial charge on any atom is 0.411 e. The van der Waals surface area contributed by atoms with Gasteiger partial charge in [0.1, 0.15) is 6.61 Å². The molecule has 0 bridgehead atoms. The van der Waals surface area contributed by atoms with Gasteiger partial charge in [-0.05, 0) is 23.8 Å². The molecule has 0 aliphatic carbocycles. The third-order valence-corrected chi connectivity index (χ3v) is 4.70. The number of hydrogen-bond acceptors (Lipinski definition) is 5. The topological polar surface area (TPSA) is 97.0 Å². The number of carbonyl (C=O) groups is 3. The van der Waals surface area contributed by atoms with Crippen LogP contribution < -0.4 is 10.6 Å². The molecule has 3 amide bonds. The highest BCUT2D eigenvalue weighted by molar-refractivity contribution is 5.97. The van der Waals surface area contributed by atoms with E-state index in [1.54, 1.807) is 29.2 Å². The average Bonchev–Trinajstić information content (AvgIpc) is 3.10. The lowest BCUT2D eigenvalue weighted by molar-refractivity contribution is -0.128. The Labute approximate surface area is 175 Å². The molecular weight excluding hydrogens is 386 g/mol. The zero-order chi connectivity index (χ0) is 21.3. The molecule has 1 atom stereocenters. The minimum Gasteiger partial charge on any atom is -0.447 e. The molecule has 1 heterocycles. The van der Waals surface area contributed by atoms with E-state index < -0.39 is 12.0 Å². The Morgan fingerprint density at radius 3 is 2.50 bits per heavy atom. The molecule has 0 spiro atoms. The summed E-state index contributed by atoms with van der Waals surface area (Å²) in [6.07, 6.45) is -0.420. The lowest BCUT2D eigenvalue weighted by Gasteiger charge is -2.17. The average molecular weight is 411 g/mol. The highest BCUT2D eigenvalue weighted by Crippen LogP contribution is 2.23. The van der Waals surface area contributed by atoms with Crippen LogP contribution in [0.2, 0.25) is 0 Å². The molecule has 30 heavy (non-hydrogen) atoms. The van der Waals surface area contributed by atoms with Crippen LogP contribution in [0.3, 0.4) is 0 Å². The second kappa shape index (κ2) is 10.4. The summed E-state index contributed by atoms with van der Waals surface area (Å²) < 4.78 is 9.78. The molecular formula is C22H25N3O5. The van der Waals surface area contributed by atoms with Gasteiger partial charge in [-0.3, -0.25) is 14.9 Å². The van der Waals surface area contributed by atoms with Crippen LogP contribution in [0, 0.1) is 5.92 Å². The highest BCUT2D eigenvalue weighted by atomic mass is 16.6. The second-order valence-electron chi connectivity index (χ2n) is 6.98. The number of nitrogens with one attached hydrogen (secondary N) is 2. The van der Waals surface area contributed by atoms with Crippen LogP contribution in [0.15, 0.2) is 54.6 Å². The van der Waals surface area contributed by atoms with Crippen LogP contribution in [0.4, 0.5) is 16.2 Å². The van der Waals surface area contributed by atoms with E-state index in [9.17, 15) is 14.4 Å². The third kappa shape index (κ3) is 6.05. The number of benzene rings is 2. The Morgan fingerprint density at radius 1 is 1.03 bits per heavy atom. The molecule has 8 heteroatoms. The number of ether oxygens (including phenoxy) is 2. The van der Waals surface area contributed by atoms with E-state index in [-0.39, 0.29) is 24.8 Å². The molecule has 8 nitrogen and oxygen atoms in total. The Bertz CT molecular complexity index is 887. The Balaban J connectivity index is 1.53. The van der Waals surface area contributed by atoms with Gasteiger partial charge in [0.05, 0.1) is 12.5 Å². The maximum absolute atomic E-state index is 12.7. The van der Waals surface area contributed by atoms with E-state index in [1.807, 2.05) is 30.3 Å². The monoisotopic (exact) mass is 411 g/mol. The molecule has 1 aliphatic heterocycles. The molecule has 0 aromatic heterocycles. The number of nitrogens with zero attached hydrogens (tertiary/aromatic N) is 1. The van der Waals surface area contributed by atoms with Gasteiger partial charge in [0.2, 0.25) is 11.8 Å². The number of amides is 3. The quantitative estimate of drug-likeness (QED) is 0.651. The van der Waals surface area contributed by atoms with E-state index >= 15 is 0 Å². The van der Waals surface area contributed by atoms with Crippen LogP contribution >= 0.6 is 0 Å². The van der Waals surface area contributed by atoms with Gasteiger partial charge in [-0.15, -0.1) is 0 Å². The fraction of sp³-hybridized carbons (Fsp3) is 0.318. The molecule has 3 rings (SSSR count). The molecule has 1 aliphatic rings. The minimum absolute atomic E-state index is 0.0341. The van der Waals surface area contributed by atoms with Crippen molar-refractivity contribution >= 4 is 29.3 Å². The predicted octanol–water partition coefficient (Wildman–Crippen LogP) is 2.87. The van der Waals surface area contributed by atoms with Gasteiger partial charge in [-0.1, -0.05) is 36.4 Å². The van der Waals surface area contributed by atoms with Crippen molar-refractivity contribution in [2.24, 2.45) is 5.92 Å². The summed E-state index contributed by atoms with van der Waals surface area (Å²) >= 11 is 0. The van der Waals surface area contributed by atoms with Gasteiger partial charge >= 0.3 is 6.09 Å². The second-order valence-corrected chi connectivity index (χ2v) is 6.98. The zero-order valence-electron chi connectivity index (χ0n) is 16.8. The first-order chi connectivity index (χ1) is 14.5. The summed E-state index contributed by atoms with van der Waals surface area (Å²) in [6.45, 7) is 1.33. The van der Waals surface area contributed by atoms with Crippen molar-refractivity contribution in [2.75, 3.05) is 37.5 Å². The molecule has 1 saturated heterocycles. The first-order valence-corrected chi connectivity index (χ1v) is 9.70. The summed E-state index contributed by atoms with van der Waals surface area (Å²) in [5, 5.41) is 5.42. The van der Waals surface area contributed by atoms with Gasteiger partial charge in [0, 0.05) is 38.0 Å². The van der Waals surface area contributed by atoms with Crippen LogP contribution in [0.1, 0.15) is 12.0 Å². The molecule has 0 saturated carbocycles.